The zero-order valence-electron chi connectivity index (χ0n) is 20.3. The van der Waals surface area contributed by atoms with E-state index in [9.17, 15) is 5.11 Å². The first kappa shape index (κ1) is 23.2. The van der Waals surface area contributed by atoms with Crippen molar-refractivity contribution in [2.75, 3.05) is 0 Å². The average Bonchev–Trinajstić information content (AvgIpc) is 3.43. The van der Waals surface area contributed by atoms with Gasteiger partial charge in [-0.25, -0.2) is 0 Å². The maximum atomic E-state index is 11.7. The smallest absolute Gasteiger partial charge is 0.195 e. The van der Waals surface area contributed by atoms with Crippen molar-refractivity contribution in [3.63, 3.8) is 0 Å². The minimum absolute atomic E-state index is 0.0117. The molecule has 1 unspecified atom stereocenters. The van der Waals surface area contributed by atoms with E-state index in [-0.39, 0.29) is 12.0 Å². The van der Waals surface area contributed by atoms with Crippen molar-refractivity contribution in [2.24, 2.45) is 29.6 Å². The van der Waals surface area contributed by atoms with Crippen LogP contribution in [0, 0.1) is 29.6 Å². The first-order valence-electron chi connectivity index (χ1n) is 12.7. The van der Waals surface area contributed by atoms with Crippen molar-refractivity contribution in [2.45, 2.75) is 77.8 Å². The molecule has 2 aliphatic carbocycles. The van der Waals surface area contributed by atoms with Gasteiger partial charge in [0.05, 0.1) is 12.2 Å². The molecule has 1 N–H and O–H groups in total. The lowest BCUT2D eigenvalue weighted by atomic mass is 9.72. The minimum Gasteiger partial charge on any atom is -0.490 e. The third-order valence-corrected chi connectivity index (χ3v) is 9.20. The van der Waals surface area contributed by atoms with E-state index in [0.717, 1.165) is 35.1 Å². The molecular weight excluding hydrogens is 432 g/mol. The van der Waals surface area contributed by atoms with Crippen LogP contribution >= 0.6 is 11.6 Å². The highest BCUT2D eigenvalue weighted by Gasteiger charge is 2.49. The molecule has 1 heterocycles. The van der Waals surface area contributed by atoms with Crippen LogP contribution in [0.3, 0.4) is 0 Å². The van der Waals surface area contributed by atoms with E-state index in [1.165, 1.54) is 24.8 Å². The zero-order chi connectivity index (χ0) is 23.3. The fourth-order valence-electron chi connectivity index (χ4n) is 6.17. The number of ether oxygens (including phenoxy) is 2. The second-order valence-electron chi connectivity index (χ2n) is 10.9. The normalized spacial score (nSPS) is 37.6. The Morgan fingerprint density at radius 3 is 2.36 bits per heavy atom. The summed E-state index contributed by atoms with van der Waals surface area (Å²) in [6.45, 7) is 8.67. The SMILES string of the molecule is CC[C@H]1OC(O)(c2ccc(Cl)c(Cc3ccc(O[C@@H]4C[C@@H]5C[C@@H]5C4)cc3)c2)[C@H](C)[C@@H](C)[C@@H]1C. The van der Waals surface area contributed by atoms with Crippen LogP contribution in [-0.4, -0.2) is 17.3 Å². The molecule has 1 saturated heterocycles. The summed E-state index contributed by atoms with van der Waals surface area (Å²) >= 11 is 6.59. The Balaban J connectivity index is 1.32. The number of benzene rings is 2. The molecule has 5 rings (SSSR count). The van der Waals surface area contributed by atoms with Gasteiger partial charge in [0, 0.05) is 16.5 Å². The van der Waals surface area contributed by atoms with Gasteiger partial charge >= 0.3 is 0 Å². The van der Waals surface area contributed by atoms with Gasteiger partial charge in [-0.3, -0.25) is 0 Å². The fourth-order valence-corrected chi connectivity index (χ4v) is 6.35. The van der Waals surface area contributed by atoms with Crippen molar-refractivity contribution < 1.29 is 14.6 Å². The molecule has 33 heavy (non-hydrogen) atoms. The van der Waals surface area contributed by atoms with E-state index in [0.29, 0.717) is 29.4 Å². The van der Waals surface area contributed by atoms with Crippen molar-refractivity contribution in [3.8, 4) is 5.75 Å². The Morgan fingerprint density at radius 2 is 1.70 bits per heavy atom. The van der Waals surface area contributed by atoms with E-state index in [1.807, 2.05) is 18.2 Å². The summed E-state index contributed by atoms with van der Waals surface area (Å²) in [6, 6.07) is 14.2. The van der Waals surface area contributed by atoms with Gasteiger partial charge in [0.1, 0.15) is 5.75 Å². The summed E-state index contributed by atoms with van der Waals surface area (Å²) in [4.78, 5) is 0. The largest absolute Gasteiger partial charge is 0.490 e. The highest BCUT2D eigenvalue weighted by molar-refractivity contribution is 6.31. The van der Waals surface area contributed by atoms with Crippen LogP contribution in [-0.2, 0) is 16.9 Å². The van der Waals surface area contributed by atoms with E-state index in [4.69, 9.17) is 21.1 Å². The molecule has 8 atom stereocenters. The van der Waals surface area contributed by atoms with E-state index >= 15 is 0 Å². The van der Waals surface area contributed by atoms with Crippen LogP contribution in [0.4, 0.5) is 0 Å². The fraction of sp³-hybridized carbons (Fsp3) is 0.586. The van der Waals surface area contributed by atoms with Gasteiger partial charge in [-0.1, -0.05) is 57.5 Å². The lowest BCUT2D eigenvalue weighted by Crippen LogP contribution is -2.51. The summed E-state index contributed by atoms with van der Waals surface area (Å²) in [6.07, 6.45) is 5.86. The lowest BCUT2D eigenvalue weighted by molar-refractivity contribution is -0.316. The molecule has 2 aromatic rings. The highest BCUT2D eigenvalue weighted by Crippen LogP contribution is 2.52. The molecule has 4 heteroatoms. The molecule has 0 amide bonds. The summed E-state index contributed by atoms with van der Waals surface area (Å²) in [5, 5.41) is 12.4. The maximum Gasteiger partial charge on any atom is 0.195 e. The van der Waals surface area contributed by atoms with E-state index in [1.54, 1.807) is 0 Å². The standard InChI is InChI=1S/C29H37ClO3/c1-5-28-18(3)17(2)19(4)29(31,33-28)24-8-11-27(30)23(14-24)12-20-6-9-25(10-7-20)32-26-15-21-13-22(21)16-26/h6-11,14,17-19,21-22,26,28,31H,5,12-13,15-16H2,1-4H3/t17-,18-,19+,21-,22+,26+,28+,29?/m0/s1. The van der Waals surface area contributed by atoms with Gasteiger partial charge < -0.3 is 14.6 Å². The van der Waals surface area contributed by atoms with Gasteiger partial charge in [-0.2, -0.15) is 0 Å². The molecule has 0 spiro atoms. The first-order valence-corrected chi connectivity index (χ1v) is 13.1. The zero-order valence-corrected chi connectivity index (χ0v) is 21.0. The maximum absolute atomic E-state index is 11.7. The van der Waals surface area contributed by atoms with Gasteiger partial charge in [0.2, 0.25) is 0 Å². The van der Waals surface area contributed by atoms with Gasteiger partial charge in [0.15, 0.2) is 5.79 Å². The number of aliphatic hydroxyl groups is 1. The first-order chi connectivity index (χ1) is 15.8. The number of hydrogen-bond acceptors (Lipinski definition) is 3. The molecule has 2 aromatic carbocycles. The van der Waals surface area contributed by atoms with Crippen molar-refractivity contribution in [1.29, 1.82) is 0 Å². The molecule has 1 aliphatic heterocycles. The van der Waals surface area contributed by atoms with Crippen molar-refractivity contribution in [3.05, 3.63) is 64.2 Å². The minimum atomic E-state index is -1.30. The summed E-state index contributed by atoms with van der Waals surface area (Å²) in [7, 11) is 0. The molecule has 3 fully saturated rings. The topological polar surface area (TPSA) is 38.7 Å². The lowest BCUT2D eigenvalue weighted by Gasteiger charge is -2.49. The highest BCUT2D eigenvalue weighted by atomic mass is 35.5. The third-order valence-electron chi connectivity index (χ3n) is 8.84. The Hall–Kier alpha value is -1.55. The monoisotopic (exact) mass is 468 g/mol. The summed E-state index contributed by atoms with van der Waals surface area (Å²) < 4.78 is 12.5. The number of fused-ring (bicyclic) bond motifs is 1. The van der Waals surface area contributed by atoms with Crippen LogP contribution < -0.4 is 4.74 Å². The van der Waals surface area contributed by atoms with Gasteiger partial charge in [-0.05, 0) is 91.2 Å². The molecular formula is C29H37ClO3. The average molecular weight is 469 g/mol. The molecule has 0 aromatic heterocycles. The Kier molecular flexibility index (Phi) is 6.26. The number of hydrogen-bond donors (Lipinski definition) is 1. The third kappa shape index (κ3) is 4.45. The second kappa shape index (κ2) is 8.91. The number of rotatable bonds is 6. The van der Waals surface area contributed by atoms with Gasteiger partial charge in [0.25, 0.3) is 0 Å². The Labute approximate surface area is 203 Å². The van der Waals surface area contributed by atoms with Crippen LogP contribution in [0.15, 0.2) is 42.5 Å². The predicted molar refractivity (Wildman–Crippen MR) is 132 cm³/mol. The van der Waals surface area contributed by atoms with Crippen LogP contribution in [0.2, 0.25) is 5.02 Å². The molecule has 3 nitrogen and oxygen atoms in total. The predicted octanol–water partition coefficient (Wildman–Crippen LogP) is 6.97. The second-order valence-corrected chi connectivity index (χ2v) is 11.3. The Bertz CT molecular complexity index is 977. The van der Waals surface area contributed by atoms with Crippen molar-refractivity contribution >= 4 is 11.6 Å². The van der Waals surface area contributed by atoms with Crippen LogP contribution in [0.1, 0.15) is 70.1 Å². The quantitative estimate of drug-likeness (QED) is 0.497. The molecule has 0 bridgehead atoms. The molecule has 178 valence electrons. The van der Waals surface area contributed by atoms with Gasteiger partial charge in [-0.15, -0.1) is 0 Å². The molecule has 3 aliphatic rings. The Morgan fingerprint density at radius 1 is 1.00 bits per heavy atom. The summed E-state index contributed by atoms with van der Waals surface area (Å²) in [5.41, 5.74) is 2.97. The van der Waals surface area contributed by atoms with Crippen molar-refractivity contribution in [1.82, 2.24) is 0 Å². The van der Waals surface area contributed by atoms with E-state index in [2.05, 4.69) is 52.0 Å². The molecule has 2 saturated carbocycles. The van der Waals surface area contributed by atoms with Crippen LogP contribution in [0.5, 0.6) is 5.75 Å². The number of halogens is 1. The molecule has 0 radical (unpaired) electrons. The van der Waals surface area contributed by atoms with Crippen LogP contribution in [0.25, 0.3) is 0 Å². The van der Waals surface area contributed by atoms with E-state index < -0.39 is 5.79 Å². The summed E-state index contributed by atoms with van der Waals surface area (Å²) in [5.74, 6) is 2.26.